The Morgan fingerprint density at radius 3 is 1.46 bits per heavy atom. The molecule has 2 heteroatoms. The van der Waals surface area contributed by atoms with Crippen molar-refractivity contribution < 1.29 is 0 Å². The second kappa shape index (κ2) is 13.2. The van der Waals surface area contributed by atoms with E-state index in [-0.39, 0.29) is 0 Å². The van der Waals surface area contributed by atoms with E-state index in [0.717, 1.165) is 22.7 Å². The van der Waals surface area contributed by atoms with Crippen LogP contribution >= 0.6 is 0 Å². The predicted molar refractivity (Wildman–Crippen MR) is 247 cm³/mol. The number of hydrogen-bond donors (Lipinski definition) is 0. The lowest BCUT2D eigenvalue weighted by Gasteiger charge is -2.33. The quantitative estimate of drug-likeness (QED) is 0.167. The topological polar surface area (TPSA) is 6.48 Å². The maximum absolute atomic E-state index is 2.51. The molecule has 0 aliphatic heterocycles. The van der Waals surface area contributed by atoms with Crippen molar-refractivity contribution in [3.8, 4) is 22.3 Å². The Kier molecular flexibility index (Phi) is 7.48. The van der Waals surface area contributed by atoms with E-state index < -0.39 is 5.41 Å². The number of para-hydroxylation sites is 3. The van der Waals surface area contributed by atoms with E-state index in [2.05, 4.69) is 240 Å². The van der Waals surface area contributed by atoms with Gasteiger partial charge in [0.05, 0.1) is 16.8 Å². The summed E-state index contributed by atoms with van der Waals surface area (Å²) in [5.41, 5.74) is 16.6. The lowest BCUT2D eigenvalue weighted by Crippen LogP contribution is -2.26. The number of anilines is 6. The van der Waals surface area contributed by atoms with E-state index in [4.69, 9.17) is 0 Å². The first kappa shape index (κ1) is 33.5. The van der Waals surface area contributed by atoms with Crippen molar-refractivity contribution in [1.82, 2.24) is 0 Å². The van der Waals surface area contributed by atoms with Crippen LogP contribution in [-0.2, 0) is 5.41 Å². The standard InChI is InChI=1S/C57H38N2/c1-4-22-42(23-5-1)58(43-24-6-2-7-25-43)53-34-18-33-51-54(53)47-29-14-16-31-49(47)57(51)50-32-17-15-30-48(50)55-52(57)38-41-21-12-13-28-46(41)56(55)59(44-26-8-3-9-27-44)45-36-35-39-19-10-11-20-40(39)37-45/h1-38H. The molecule has 276 valence electrons. The maximum Gasteiger partial charge on any atom is 0.0727 e. The molecular weight excluding hydrogens is 713 g/mol. The number of benzene rings is 10. The maximum atomic E-state index is 2.51. The minimum Gasteiger partial charge on any atom is -0.310 e. The normalized spacial score (nSPS) is 14.5. The van der Waals surface area contributed by atoms with Crippen LogP contribution in [0.25, 0.3) is 43.8 Å². The first-order valence-corrected chi connectivity index (χ1v) is 20.4. The highest BCUT2D eigenvalue weighted by Gasteiger charge is 2.53. The van der Waals surface area contributed by atoms with Gasteiger partial charge in [-0.1, -0.05) is 170 Å². The fourth-order valence-corrected chi connectivity index (χ4v) is 10.3. The van der Waals surface area contributed by atoms with Crippen LogP contribution in [0.1, 0.15) is 22.3 Å². The zero-order valence-corrected chi connectivity index (χ0v) is 32.3. The SMILES string of the molecule is c1ccc(N(c2ccccc2)c2cccc3c2-c2ccccc2C32c3ccccc3-c3c2cc2ccccc2c3N(c2ccccc2)c2ccc3ccccc3c2)cc1. The van der Waals surface area contributed by atoms with Gasteiger partial charge >= 0.3 is 0 Å². The Morgan fingerprint density at radius 1 is 0.288 bits per heavy atom. The van der Waals surface area contributed by atoms with Gasteiger partial charge in [0.25, 0.3) is 0 Å². The molecule has 0 N–H and O–H groups in total. The van der Waals surface area contributed by atoms with Gasteiger partial charge in [0.1, 0.15) is 0 Å². The van der Waals surface area contributed by atoms with Gasteiger partial charge < -0.3 is 9.80 Å². The molecule has 0 aromatic heterocycles. The van der Waals surface area contributed by atoms with Gasteiger partial charge in [-0.05, 0) is 110 Å². The fourth-order valence-electron chi connectivity index (χ4n) is 10.3. The second-order valence-corrected chi connectivity index (χ2v) is 15.6. The minimum atomic E-state index is -0.572. The number of nitrogens with zero attached hydrogens (tertiary/aromatic N) is 2. The van der Waals surface area contributed by atoms with Crippen LogP contribution in [0, 0.1) is 0 Å². The molecule has 0 saturated heterocycles. The molecule has 0 fully saturated rings. The minimum absolute atomic E-state index is 0.572. The van der Waals surface area contributed by atoms with Gasteiger partial charge in [0, 0.05) is 39.3 Å². The molecule has 2 aliphatic carbocycles. The molecule has 0 radical (unpaired) electrons. The Labute approximate surface area is 344 Å². The van der Waals surface area contributed by atoms with E-state index in [1.807, 2.05) is 0 Å². The summed E-state index contributed by atoms with van der Waals surface area (Å²) in [6.45, 7) is 0. The third kappa shape index (κ3) is 4.87. The summed E-state index contributed by atoms with van der Waals surface area (Å²) in [6.07, 6.45) is 0. The number of rotatable bonds is 6. The summed E-state index contributed by atoms with van der Waals surface area (Å²) >= 11 is 0. The average molecular weight is 751 g/mol. The van der Waals surface area contributed by atoms with Crippen LogP contribution in [-0.4, -0.2) is 0 Å². The molecule has 59 heavy (non-hydrogen) atoms. The van der Waals surface area contributed by atoms with Crippen LogP contribution in [0.3, 0.4) is 0 Å². The van der Waals surface area contributed by atoms with Crippen molar-refractivity contribution in [3.63, 3.8) is 0 Å². The third-order valence-corrected chi connectivity index (χ3v) is 12.6. The molecule has 2 nitrogen and oxygen atoms in total. The summed E-state index contributed by atoms with van der Waals surface area (Å²) in [6, 6.07) is 84.8. The summed E-state index contributed by atoms with van der Waals surface area (Å²) in [5, 5.41) is 4.88. The van der Waals surface area contributed by atoms with Crippen molar-refractivity contribution >= 4 is 55.7 Å². The monoisotopic (exact) mass is 750 g/mol. The van der Waals surface area contributed by atoms with Gasteiger partial charge in [-0.2, -0.15) is 0 Å². The second-order valence-electron chi connectivity index (χ2n) is 15.6. The zero-order valence-electron chi connectivity index (χ0n) is 32.3. The van der Waals surface area contributed by atoms with Crippen molar-refractivity contribution in [1.29, 1.82) is 0 Å². The molecule has 10 aromatic rings. The fraction of sp³-hybridized carbons (Fsp3) is 0.0175. The van der Waals surface area contributed by atoms with E-state index in [1.165, 1.54) is 77.4 Å². The molecule has 0 heterocycles. The molecule has 1 atom stereocenters. The van der Waals surface area contributed by atoms with Gasteiger partial charge in [0.15, 0.2) is 0 Å². The first-order chi connectivity index (χ1) is 29.3. The number of hydrogen-bond acceptors (Lipinski definition) is 2. The lowest BCUT2D eigenvalue weighted by molar-refractivity contribution is 0.795. The van der Waals surface area contributed by atoms with E-state index in [1.54, 1.807) is 0 Å². The van der Waals surface area contributed by atoms with Gasteiger partial charge in [-0.25, -0.2) is 0 Å². The highest BCUT2D eigenvalue weighted by molar-refractivity contribution is 6.13. The zero-order chi connectivity index (χ0) is 38.9. The van der Waals surface area contributed by atoms with Gasteiger partial charge in [0.2, 0.25) is 0 Å². The lowest BCUT2D eigenvalue weighted by atomic mass is 9.70. The molecule has 10 aromatic carbocycles. The van der Waals surface area contributed by atoms with Crippen molar-refractivity contribution in [2.24, 2.45) is 0 Å². The molecule has 0 amide bonds. The Morgan fingerprint density at radius 2 is 0.797 bits per heavy atom. The molecule has 2 aliphatic rings. The highest BCUT2D eigenvalue weighted by Crippen LogP contribution is 2.67. The van der Waals surface area contributed by atoms with Crippen molar-refractivity contribution in [2.45, 2.75) is 5.41 Å². The molecular formula is C57H38N2. The van der Waals surface area contributed by atoms with E-state index >= 15 is 0 Å². The molecule has 1 unspecified atom stereocenters. The average Bonchev–Trinajstić information content (AvgIpc) is 3.78. The van der Waals surface area contributed by atoms with Crippen molar-refractivity contribution in [2.75, 3.05) is 9.80 Å². The van der Waals surface area contributed by atoms with E-state index in [0.29, 0.717) is 0 Å². The Hall–Kier alpha value is -7.68. The summed E-state index contributed by atoms with van der Waals surface area (Å²) in [5.74, 6) is 0. The van der Waals surface area contributed by atoms with Crippen LogP contribution in [0.4, 0.5) is 34.1 Å². The molecule has 1 spiro atoms. The van der Waals surface area contributed by atoms with E-state index in [9.17, 15) is 0 Å². The highest BCUT2D eigenvalue weighted by atomic mass is 15.2. The summed E-state index contributed by atoms with van der Waals surface area (Å²) < 4.78 is 0. The van der Waals surface area contributed by atoms with Crippen LogP contribution < -0.4 is 9.80 Å². The molecule has 12 rings (SSSR count). The number of fused-ring (bicyclic) bond motifs is 12. The van der Waals surface area contributed by atoms with Crippen LogP contribution in [0.2, 0.25) is 0 Å². The van der Waals surface area contributed by atoms with Gasteiger partial charge in [-0.15, -0.1) is 0 Å². The predicted octanol–water partition coefficient (Wildman–Crippen LogP) is 15.3. The van der Waals surface area contributed by atoms with Crippen LogP contribution in [0.5, 0.6) is 0 Å². The summed E-state index contributed by atoms with van der Waals surface area (Å²) in [7, 11) is 0. The molecule has 0 saturated carbocycles. The smallest absolute Gasteiger partial charge is 0.0727 e. The van der Waals surface area contributed by atoms with Gasteiger partial charge in [-0.3, -0.25) is 0 Å². The largest absolute Gasteiger partial charge is 0.310 e. The Balaban J connectivity index is 1.21. The Bertz CT molecular complexity index is 3190. The first-order valence-electron chi connectivity index (χ1n) is 20.4. The third-order valence-electron chi connectivity index (χ3n) is 12.6. The molecule has 0 bridgehead atoms. The van der Waals surface area contributed by atoms with Crippen LogP contribution in [0.15, 0.2) is 231 Å². The summed E-state index contributed by atoms with van der Waals surface area (Å²) in [4.78, 5) is 4.94. The van der Waals surface area contributed by atoms with Crippen molar-refractivity contribution in [3.05, 3.63) is 253 Å².